The van der Waals surface area contributed by atoms with Crippen LogP contribution in [0.4, 0.5) is 0 Å². The van der Waals surface area contributed by atoms with Gasteiger partial charge < -0.3 is 15.6 Å². The van der Waals surface area contributed by atoms with Crippen LogP contribution in [0, 0.1) is 0 Å². The summed E-state index contributed by atoms with van der Waals surface area (Å²) in [6.45, 7) is 0.875. The van der Waals surface area contributed by atoms with E-state index in [-0.39, 0.29) is 24.7 Å². The molecule has 0 rings (SSSR count). The zero-order valence-corrected chi connectivity index (χ0v) is 8.42. The van der Waals surface area contributed by atoms with E-state index in [0.717, 1.165) is 0 Å². The van der Waals surface area contributed by atoms with E-state index in [2.05, 4.69) is 0 Å². The second kappa shape index (κ2) is 7.25. The predicted octanol–water partition coefficient (Wildman–Crippen LogP) is -1.24. The van der Waals surface area contributed by atoms with Crippen molar-refractivity contribution in [2.75, 3.05) is 37.9 Å². The van der Waals surface area contributed by atoms with E-state index < -0.39 is 9.84 Å². The van der Waals surface area contributed by atoms with Crippen molar-refractivity contribution in [3.63, 3.8) is 0 Å². The molecule has 0 fully saturated rings. The molecule has 0 saturated heterocycles. The fourth-order valence-electron chi connectivity index (χ4n) is 0.758. The van der Waals surface area contributed by atoms with E-state index in [1.807, 2.05) is 0 Å². The lowest BCUT2D eigenvalue weighted by molar-refractivity contribution is 0.157. The summed E-state index contributed by atoms with van der Waals surface area (Å²) in [7, 11) is -3.05. The van der Waals surface area contributed by atoms with Crippen LogP contribution in [0.5, 0.6) is 0 Å². The highest BCUT2D eigenvalue weighted by Crippen LogP contribution is 1.93. The Morgan fingerprint density at radius 2 is 1.92 bits per heavy atom. The molecule has 3 N–H and O–H groups in total. The van der Waals surface area contributed by atoms with Crippen molar-refractivity contribution in [2.24, 2.45) is 5.73 Å². The van der Waals surface area contributed by atoms with E-state index in [0.29, 0.717) is 19.6 Å². The topological polar surface area (TPSA) is 89.6 Å². The Bertz CT molecular complexity index is 203. The zero-order chi connectivity index (χ0) is 10.2. The maximum Gasteiger partial charge on any atom is 0.152 e. The minimum absolute atomic E-state index is 0.00694. The summed E-state index contributed by atoms with van der Waals surface area (Å²) >= 11 is 0. The molecule has 0 aliphatic heterocycles. The SMILES string of the molecule is NCCOCCS(=O)(=O)CCCO. The molecule has 0 amide bonds. The van der Waals surface area contributed by atoms with Crippen LogP contribution < -0.4 is 5.73 Å². The molecule has 0 atom stereocenters. The molecular formula is C7H17NO4S. The highest BCUT2D eigenvalue weighted by molar-refractivity contribution is 7.91. The first-order valence-electron chi connectivity index (χ1n) is 4.21. The van der Waals surface area contributed by atoms with Crippen LogP contribution in [0.25, 0.3) is 0 Å². The Hall–Kier alpha value is -0.170. The summed E-state index contributed by atoms with van der Waals surface area (Å²) < 4.78 is 27.2. The lowest BCUT2D eigenvalue weighted by Crippen LogP contribution is -2.18. The van der Waals surface area contributed by atoms with Crippen molar-refractivity contribution in [1.82, 2.24) is 0 Å². The van der Waals surface area contributed by atoms with Crippen LogP contribution in [0.2, 0.25) is 0 Å². The number of nitrogens with two attached hydrogens (primary N) is 1. The average molecular weight is 211 g/mol. The molecule has 0 aromatic heterocycles. The van der Waals surface area contributed by atoms with Crippen molar-refractivity contribution < 1.29 is 18.3 Å². The van der Waals surface area contributed by atoms with E-state index in [9.17, 15) is 8.42 Å². The first-order chi connectivity index (χ1) is 6.12. The number of aliphatic hydroxyl groups is 1. The van der Waals surface area contributed by atoms with Gasteiger partial charge in [0.1, 0.15) is 0 Å². The molecule has 80 valence electrons. The van der Waals surface area contributed by atoms with Crippen LogP contribution >= 0.6 is 0 Å². The van der Waals surface area contributed by atoms with Gasteiger partial charge in [-0.3, -0.25) is 0 Å². The first-order valence-corrected chi connectivity index (χ1v) is 6.03. The molecular weight excluding hydrogens is 194 g/mol. The third kappa shape index (κ3) is 8.17. The Kier molecular flexibility index (Phi) is 7.16. The van der Waals surface area contributed by atoms with Gasteiger partial charge in [0.25, 0.3) is 0 Å². The highest BCUT2D eigenvalue weighted by Gasteiger charge is 2.09. The second-order valence-corrected chi connectivity index (χ2v) is 4.93. The number of sulfone groups is 1. The minimum atomic E-state index is -3.05. The molecule has 0 aromatic rings. The second-order valence-electron chi connectivity index (χ2n) is 2.63. The molecule has 0 spiro atoms. The summed E-state index contributed by atoms with van der Waals surface area (Å²) in [6.07, 6.45) is 0.291. The van der Waals surface area contributed by atoms with Crippen LogP contribution in [0.15, 0.2) is 0 Å². The molecule has 0 aromatic carbocycles. The summed E-state index contributed by atoms with van der Waals surface area (Å²) in [5.74, 6) is 0.0302. The van der Waals surface area contributed by atoms with Gasteiger partial charge in [-0.25, -0.2) is 8.42 Å². The van der Waals surface area contributed by atoms with Crippen molar-refractivity contribution in [1.29, 1.82) is 0 Å². The molecule has 0 unspecified atom stereocenters. The van der Waals surface area contributed by atoms with Gasteiger partial charge in [-0.05, 0) is 6.42 Å². The summed E-state index contributed by atoms with van der Waals surface area (Å²) in [5, 5.41) is 8.43. The maximum atomic E-state index is 11.1. The molecule has 0 bridgehead atoms. The van der Waals surface area contributed by atoms with Gasteiger partial charge in [0.15, 0.2) is 9.84 Å². The average Bonchev–Trinajstić information content (AvgIpc) is 2.09. The van der Waals surface area contributed by atoms with Crippen molar-refractivity contribution in [2.45, 2.75) is 6.42 Å². The Balaban J connectivity index is 3.52. The lowest BCUT2D eigenvalue weighted by atomic mass is 10.5. The monoisotopic (exact) mass is 211 g/mol. The van der Waals surface area contributed by atoms with E-state index in [1.54, 1.807) is 0 Å². The minimum Gasteiger partial charge on any atom is -0.396 e. The largest absolute Gasteiger partial charge is 0.396 e. The summed E-state index contributed by atoms with van der Waals surface area (Å²) in [4.78, 5) is 0. The number of aliphatic hydroxyl groups excluding tert-OH is 1. The number of hydrogen-bond donors (Lipinski definition) is 2. The van der Waals surface area contributed by atoms with Gasteiger partial charge >= 0.3 is 0 Å². The Labute approximate surface area is 78.8 Å². The van der Waals surface area contributed by atoms with Gasteiger partial charge in [0.05, 0.1) is 24.7 Å². The molecule has 0 saturated carbocycles. The molecule has 0 heterocycles. The smallest absolute Gasteiger partial charge is 0.152 e. The summed E-state index contributed by atoms with van der Waals surface area (Å²) in [6, 6.07) is 0. The normalized spacial score (nSPS) is 11.8. The van der Waals surface area contributed by atoms with Crippen LogP contribution in [-0.2, 0) is 14.6 Å². The van der Waals surface area contributed by atoms with Crippen molar-refractivity contribution in [3.05, 3.63) is 0 Å². The van der Waals surface area contributed by atoms with Crippen LogP contribution in [-0.4, -0.2) is 51.4 Å². The zero-order valence-electron chi connectivity index (χ0n) is 7.61. The standard InChI is InChI=1S/C7H17NO4S/c8-2-4-12-5-7-13(10,11)6-1-3-9/h9H,1-8H2. The molecule has 6 heteroatoms. The fraction of sp³-hybridized carbons (Fsp3) is 1.00. The Morgan fingerprint density at radius 1 is 1.23 bits per heavy atom. The molecule has 0 aliphatic carbocycles. The van der Waals surface area contributed by atoms with Gasteiger partial charge in [-0.2, -0.15) is 0 Å². The molecule has 5 nitrogen and oxygen atoms in total. The number of ether oxygens (including phenoxy) is 1. The van der Waals surface area contributed by atoms with Crippen LogP contribution in [0.3, 0.4) is 0 Å². The van der Waals surface area contributed by atoms with Gasteiger partial charge in [-0.1, -0.05) is 0 Å². The van der Waals surface area contributed by atoms with Gasteiger partial charge in [0, 0.05) is 13.2 Å². The predicted molar refractivity (Wildman–Crippen MR) is 50.2 cm³/mol. The summed E-state index contributed by atoms with van der Waals surface area (Å²) in [5.41, 5.74) is 5.15. The van der Waals surface area contributed by atoms with Crippen molar-refractivity contribution >= 4 is 9.84 Å². The van der Waals surface area contributed by atoms with Gasteiger partial charge in [0.2, 0.25) is 0 Å². The van der Waals surface area contributed by atoms with E-state index in [1.165, 1.54) is 0 Å². The molecule has 0 aliphatic rings. The van der Waals surface area contributed by atoms with E-state index in [4.69, 9.17) is 15.6 Å². The third-order valence-corrected chi connectivity index (χ3v) is 3.11. The molecule has 13 heavy (non-hydrogen) atoms. The number of rotatable bonds is 8. The van der Waals surface area contributed by atoms with Gasteiger partial charge in [-0.15, -0.1) is 0 Å². The highest BCUT2D eigenvalue weighted by atomic mass is 32.2. The Morgan fingerprint density at radius 3 is 2.46 bits per heavy atom. The maximum absolute atomic E-state index is 11.1. The lowest BCUT2D eigenvalue weighted by Gasteiger charge is -2.03. The van der Waals surface area contributed by atoms with E-state index >= 15 is 0 Å². The fourth-order valence-corrected chi connectivity index (χ4v) is 1.90. The van der Waals surface area contributed by atoms with Crippen LogP contribution in [0.1, 0.15) is 6.42 Å². The molecule has 0 radical (unpaired) electrons. The first kappa shape index (κ1) is 12.8. The van der Waals surface area contributed by atoms with Crippen molar-refractivity contribution in [3.8, 4) is 0 Å². The quantitative estimate of drug-likeness (QED) is 0.490. The number of hydrogen-bond acceptors (Lipinski definition) is 5. The third-order valence-electron chi connectivity index (χ3n) is 1.41.